The minimum absolute atomic E-state index is 0.114. The molecule has 1 aromatic heterocycles. The number of nitrogens with zero attached hydrogens (tertiary/aromatic N) is 2. The van der Waals surface area contributed by atoms with Gasteiger partial charge in [0.1, 0.15) is 0 Å². The molecular weight excluding hydrogens is 656 g/mol. The van der Waals surface area contributed by atoms with Gasteiger partial charge in [0.25, 0.3) is 0 Å². The lowest BCUT2D eigenvalue weighted by molar-refractivity contribution is 0.318. The molecule has 0 saturated carbocycles. The van der Waals surface area contributed by atoms with Crippen molar-refractivity contribution < 1.29 is 0 Å². The third-order valence-corrected chi connectivity index (χ3v) is 26.7. The fraction of sp³-hybridized carbons (Fsp3) is 0.571. The number of fused-ring (bicyclic) bond motifs is 2. The molecule has 0 radical (unpaired) electrons. The number of hydrogen-bond acceptors (Lipinski definition) is 2. The van der Waals surface area contributed by atoms with Crippen molar-refractivity contribution in [2.45, 2.75) is 139 Å². The van der Waals surface area contributed by atoms with Crippen LogP contribution >= 0.6 is 31.7 Å². The summed E-state index contributed by atoms with van der Waals surface area (Å²) in [7, 11) is -0.968. The molecule has 0 amide bonds. The average molecular weight is 713 g/mol. The zero-order valence-corrected chi connectivity index (χ0v) is 34.1. The predicted molar refractivity (Wildman–Crippen MR) is 220 cm³/mol. The van der Waals surface area contributed by atoms with Gasteiger partial charge in [0.15, 0.2) is 0 Å². The van der Waals surface area contributed by atoms with E-state index in [0.717, 1.165) is 56.8 Å². The Morgan fingerprint density at radius 1 is 0.458 bits per heavy atom. The predicted octanol–water partition coefficient (Wildman–Crippen LogP) is 10.6. The van der Waals surface area contributed by atoms with Crippen LogP contribution in [0.4, 0.5) is 0 Å². The second kappa shape index (κ2) is 13.5. The van der Waals surface area contributed by atoms with Crippen LogP contribution in [0.3, 0.4) is 0 Å². The Kier molecular flexibility index (Phi) is 9.59. The van der Waals surface area contributed by atoms with Gasteiger partial charge in [-0.25, -0.2) is 9.97 Å². The zero-order valence-electron chi connectivity index (χ0n) is 30.5. The van der Waals surface area contributed by atoms with Crippen molar-refractivity contribution in [3.8, 4) is 0 Å². The lowest BCUT2D eigenvalue weighted by Gasteiger charge is -2.33. The molecular formula is C42H56N2P4. The highest BCUT2D eigenvalue weighted by atomic mass is 31.1. The Hall–Kier alpha value is -1.02. The maximum atomic E-state index is 5.62. The number of hydrogen-bond donors (Lipinski definition) is 0. The van der Waals surface area contributed by atoms with E-state index in [4.69, 9.17) is 9.97 Å². The van der Waals surface area contributed by atoms with E-state index in [0.29, 0.717) is 11.3 Å². The van der Waals surface area contributed by atoms with Crippen molar-refractivity contribution in [1.82, 2.24) is 9.97 Å². The van der Waals surface area contributed by atoms with Gasteiger partial charge in [0.05, 0.1) is 21.9 Å². The number of para-hydroxylation sites is 2. The average Bonchev–Trinajstić information content (AvgIpc) is 3.77. The van der Waals surface area contributed by atoms with Crippen LogP contribution in [-0.4, -0.2) is 55.2 Å². The van der Waals surface area contributed by atoms with E-state index in [1.54, 1.807) is 10.6 Å². The van der Waals surface area contributed by atoms with Gasteiger partial charge in [0, 0.05) is 0 Å². The normalized spacial score (nSPS) is 37.8. The molecule has 6 heteroatoms. The molecule has 4 aliphatic rings. The molecule has 0 bridgehead atoms. The van der Waals surface area contributed by atoms with Crippen molar-refractivity contribution in [3.63, 3.8) is 0 Å². The topological polar surface area (TPSA) is 25.8 Å². The smallest absolute Gasteiger partial charge is 0.0902 e. The van der Waals surface area contributed by atoms with Gasteiger partial charge in [0.2, 0.25) is 0 Å². The molecule has 4 unspecified atom stereocenters. The molecule has 4 fully saturated rings. The Labute approximate surface area is 295 Å². The minimum atomic E-state index is -0.364. The first-order valence-corrected chi connectivity index (χ1v) is 25.0. The summed E-state index contributed by atoms with van der Waals surface area (Å²) in [5.41, 5.74) is 11.3. The van der Waals surface area contributed by atoms with E-state index in [2.05, 4.69) is 116 Å². The van der Waals surface area contributed by atoms with Crippen LogP contribution in [-0.2, 0) is 0 Å². The van der Waals surface area contributed by atoms with Gasteiger partial charge < -0.3 is 0 Å². The lowest BCUT2D eigenvalue weighted by atomic mass is 9.82. The molecule has 0 N–H and O–H groups in total. The van der Waals surface area contributed by atoms with Crippen molar-refractivity contribution in [2.24, 2.45) is 11.8 Å². The van der Waals surface area contributed by atoms with Gasteiger partial charge in [-0.1, -0.05) is 108 Å². The molecule has 3 aromatic carbocycles. The fourth-order valence-electron chi connectivity index (χ4n) is 10.8. The summed E-state index contributed by atoms with van der Waals surface area (Å²) in [6.45, 7) is 20.7. The van der Waals surface area contributed by atoms with Gasteiger partial charge in [-0.2, -0.15) is 0 Å². The molecule has 0 spiro atoms. The van der Waals surface area contributed by atoms with E-state index in [1.165, 1.54) is 60.2 Å². The zero-order chi connectivity index (χ0) is 33.4. The van der Waals surface area contributed by atoms with Crippen LogP contribution in [0.1, 0.15) is 93.9 Å². The van der Waals surface area contributed by atoms with Crippen LogP contribution in [0.25, 0.3) is 21.8 Å². The summed E-state index contributed by atoms with van der Waals surface area (Å²) in [6.07, 6.45) is 8.30. The molecule has 48 heavy (non-hydrogen) atoms. The Morgan fingerprint density at radius 3 is 1.38 bits per heavy atom. The molecule has 4 aromatic rings. The van der Waals surface area contributed by atoms with Crippen molar-refractivity contribution >= 4 is 75.0 Å². The molecule has 12 atom stereocenters. The van der Waals surface area contributed by atoms with Crippen LogP contribution in [0.5, 0.6) is 0 Å². The van der Waals surface area contributed by atoms with E-state index < -0.39 is 0 Å². The van der Waals surface area contributed by atoms with Crippen LogP contribution in [0.2, 0.25) is 0 Å². The van der Waals surface area contributed by atoms with Gasteiger partial charge in [-0.15, -0.1) is 0 Å². The lowest BCUT2D eigenvalue weighted by Crippen LogP contribution is -2.35. The van der Waals surface area contributed by atoms with E-state index >= 15 is 0 Å². The van der Waals surface area contributed by atoms with E-state index in [9.17, 15) is 0 Å². The third-order valence-electron chi connectivity index (χ3n) is 13.2. The maximum Gasteiger partial charge on any atom is 0.0902 e. The van der Waals surface area contributed by atoms with Gasteiger partial charge in [-0.3, -0.25) is 0 Å². The summed E-state index contributed by atoms with van der Waals surface area (Å²) in [6, 6.07) is 23.3. The van der Waals surface area contributed by atoms with Crippen LogP contribution in [0.15, 0.2) is 60.7 Å². The summed E-state index contributed by atoms with van der Waals surface area (Å²) in [4.78, 5) is 11.2. The van der Waals surface area contributed by atoms with Crippen molar-refractivity contribution in [2.75, 3.05) is 0 Å². The fourth-order valence-corrected chi connectivity index (χ4v) is 25.4. The standard InChI is InChI=1S/C42H56N2P4/c1-25-17-18-26(2)45(25)39-23-33-13-9-10-14-34(33)24-40(39)47-29(5)21-35(31(47)7)36-22-30(6)48(32(36)8)42-41(46-27(3)19-20-28(46)4)43-37-15-11-12-16-38(37)44-42/h9-16,23-32,35-36H,17-22H2,1-8H3/t25-,26-,27-,28-,29-,30-,31-,32-,35?,36?,47?,48?/m1/s1. The Bertz CT molecular complexity index is 1660. The van der Waals surface area contributed by atoms with E-state index in [-0.39, 0.29) is 31.7 Å². The summed E-state index contributed by atoms with van der Waals surface area (Å²) in [5.74, 6) is 1.61. The highest BCUT2D eigenvalue weighted by Crippen LogP contribution is 2.67. The largest absolute Gasteiger partial charge is 0.244 e. The number of rotatable bonds is 5. The highest BCUT2D eigenvalue weighted by molar-refractivity contribution is 7.74. The Balaban J connectivity index is 1.15. The monoisotopic (exact) mass is 712 g/mol. The van der Waals surface area contributed by atoms with Crippen molar-refractivity contribution in [1.29, 1.82) is 0 Å². The number of aromatic nitrogens is 2. The van der Waals surface area contributed by atoms with Gasteiger partial charge >= 0.3 is 0 Å². The summed E-state index contributed by atoms with van der Waals surface area (Å²) >= 11 is 0. The minimum Gasteiger partial charge on any atom is -0.244 e. The van der Waals surface area contributed by atoms with Crippen LogP contribution in [0, 0.1) is 11.8 Å². The SMILES string of the molecule is C[C@@H]1CC[C@@H](C)P1c1cc2ccccc2cc1P1[C@H](C)CC(C2C[C@@H](C)P(c3nc4ccccc4nc3P3[C@H](C)CC[C@H]3C)[C@@H]2C)[C@H]1C. The van der Waals surface area contributed by atoms with Gasteiger partial charge in [-0.05, 0) is 157 Å². The summed E-state index contributed by atoms with van der Waals surface area (Å²) in [5, 5.41) is 6.51. The molecule has 0 aliphatic carbocycles. The highest BCUT2D eigenvalue weighted by Gasteiger charge is 2.51. The quantitative estimate of drug-likeness (QED) is 0.193. The summed E-state index contributed by atoms with van der Waals surface area (Å²) < 4.78 is 0. The molecule has 5 heterocycles. The second-order valence-electron chi connectivity index (χ2n) is 16.2. The molecule has 4 saturated heterocycles. The Morgan fingerprint density at radius 2 is 0.854 bits per heavy atom. The number of benzene rings is 3. The molecule has 8 rings (SSSR count). The molecule has 254 valence electrons. The first kappa shape index (κ1) is 34.1. The van der Waals surface area contributed by atoms with E-state index in [1.807, 2.05) is 0 Å². The maximum absolute atomic E-state index is 5.62. The first-order chi connectivity index (χ1) is 23.1. The third kappa shape index (κ3) is 5.75. The van der Waals surface area contributed by atoms with Crippen LogP contribution < -0.4 is 21.5 Å². The molecule has 2 nitrogen and oxygen atoms in total. The van der Waals surface area contributed by atoms with Crippen molar-refractivity contribution in [3.05, 3.63) is 60.7 Å². The molecule has 4 aliphatic heterocycles. The first-order valence-electron chi connectivity index (χ1n) is 19.0. The second-order valence-corrected chi connectivity index (χ2v) is 28.2.